The molecule has 0 atom stereocenters. The fourth-order valence-electron chi connectivity index (χ4n) is 4.62. The van der Waals surface area contributed by atoms with Crippen LogP contribution in [0.1, 0.15) is 38.7 Å². The van der Waals surface area contributed by atoms with E-state index in [0.29, 0.717) is 46.8 Å². The van der Waals surface area contributed by atoms with Gasteiger partial charge < -0.3 is 14.2 Å². The van der Waals surface area contributed by atoms with Crippen molar-refractivity contribution >= 4 is 56.9 Å². The number of ether oxygens (including phenoxy) is 1. The Hall–Kier alpha value is -2.16. The number of anilines is 1. The molecule has 2 aliphatic heterocycles. The molecule has 0 bridgehead atoms. The molecule has 176 valence electrons. The predicted molar refractivity (Wildman–Crippen MR) is 141 cm³/mol. The van der Waals surface area contributed by atoms with E-state index < -0.39 is 0 Å². The summed E-state index contributed by atoms with van der Waals surface area (Å²) < 4.78 is 7.45. The van der Waals surface area contributed by atoms with E-state index >= 15 is 0 Å². The molecule has 3 heterocycles. The number of aromatic nitrogens is 1. The predicted octanol–water partition coefficient (Wildman–Crippen LogP) is 4.50. The summed E-state index contributed by atoms with van der Waals surface area (Å²) >= 11 is 6.76. The van der Waals surface area contributed by atoms with Gasteiger partial charge in [-0.1, -0.05) is 49.1 Å². The maximum Gasteiger partial charge on any atom is 0.266 e. The van der Waals surface area contributed by atoms with Crippen molar-refractivity contribution < 1.29 is 9.53 Å². The minimum absolute atomic E-state index is 0.0607. The number of methoxy groups -OCH3 is 1. The average molecular weight is 486 g/mol. The van der Waals surface area contributed by atoms with Crippen LogP contribution in [0.2, 0.25) is 0 Å². The smallest absolute Gasteiger partial charge is 0.266 e. The van der Waals surface area contributed by atoms with Gasteiger partial charge in [-0.2, -0.15) is 0 Å². The highest BCUT2D eigenvalue weighted by Crippen LogP contribution is 2.37. The van der Waals surface area contributed by atoms with Crippen molar-refractivity contribution in [1.29, 1.82) is 0 Å². The number of hydrogen-bond acceptors (Lipinski definition) is 6. The number of nitrogens with zero attached hydrogens (tertiary/aromatic N) is 3. The summed E-state index contributed by atoms with van der Waals surface area (Å²) in [4.78, 5) is 31.3. The van der Waals surface area contributed by atoms with Gasteiger partial charge in [-0.25, -0.2) is 0 Å². The van der Waals surface area contributed by atoms with Crippen LogP contribution in [0.25, 0.3) is 17.0 Å². The molecule has 0 unspecified atom stereocenters. The molecular weight excluding hydrogens is 454 g/mol. The molecule has 0 aliphatic carbocycles. The average Bonchev–Trinajstić information content (AvgIpc) is 3.08. The molecular formula is C25H31N3O3S2. The van der Waals surface area contributed by atoms with Crippen molar-refractivity contribution in [2.75, 3.05) is 38.3 Å². The van der Waals surface area contributed by atoms with Gasteiger partial charge in [0, 0.05) is 45.3 Å². The van der Waals surface area contributed by atoms with E-state index in [9.17, 15) is 9.59 Å². The number of thioether (sulfide) groups is 1. The van der Waals surface area contributed by atoms with Gasteiger partial charge in [-0.15, -0.1) is 0 Å². The number of carbonyl (C=O) groups is 1. The highest BCUT2D eigenvalue weighted by Gasteiger charge is 2.33. The van der Waals surface area contributed by atoms with E-state index in [1.54, 1.807) is 22.7 Å². The number of pyridine rings is 1. The first-order valence-corrected chi connectivity index (χ1v) is 12.8. The summed E-state index contributed by atoms with van der Waals surface area (Å²) in [6, 6.07) is 8.08. The third-order valence-electron chi connectivity index (χ3n) is 6.48. The van der Waals surface area contributed by atoms with E-state index in [1.165, 1.54) is 11.8 Å². The Kier molecular flexibility index (Phi) is 7.56. The summed E-state index contributed by atoms with van der Waals surface area (Å²) in [5.74, 6) is 0.547. The fourth-order valence-corrected chi connectivity index (χ4v) is 5.91. The lowest BCUT2D eigenvalue weighted by molar-refractivity contribution is -0.122. The summed E-state index contributed by atoms with van der Waals surface area (Å²) in [5, 5.41) is 1.05. The second-order valence-corrected chi connectivity index (χ2v) is 10.4. The molecule has 2 fully saturated rings. The zero-order valence-corrected chi connectivity index (χ0v) is 21.1. The van der Waals surface area contributed by atoms with Gasteiger partial charge in [0.25, 0.3) is 11.5 Å². The molecule has 2 saturated heterocycles. The summed E-state index contributed by atoms with van der Waals surface area (Å²) in [7, 11) is 1.64. The van der Waals surface area contributed by atoms with Crippen molar-refractivity contribution in [2.45, 2.75) is 39.7 Å². The molecule has 2 aliphatic rings. The Labute approximate surface area is 204 Å². The van der Waals surface area contributed by atoms with Gasteiger partial charge in [0.05, 0.1) is 21.7 Å². The number of piperidine rings is 1. The third-order valence-corrected chi connectivity index (χ3v) is 7.85. The van der Waals surface area contributed by atoms with Crippen LogP contribution in [-0.2, 0) is 16.1 Å². The molecule has 8 heteroatoms. The Morgan fingerprint density at radius 2 is 1.94 bits per heavy atom. The fraction of sp³-hybridized carbons (Fsp3) is 0.480. The number of para-hydroxylation sites is 1. The first-order valence-electron chi connectivity index (χ1n) is 11.6. The Balaban J connectivity index is 1.84. The molecule has 0 saturated carbocycles. The number of rotatable bonds is 7. The normalized spacial score (nSPS) is 18.8. The zero-order valence-electron chi connectivity index (χ0n) is 19.5. The van der Waals surface area contributed by atoms with Crippen LogP contribution < -0.4 is 10.5 Å². The number of amides is 1. The van der Waals surface area contributed by atoms with Crippen LogP contribution >= 0.6 is 24.0 Å². The van der Waals surface area contributed by atoms with Crippen molar-refractivity contribution in [2.24, 2.45) is 5.92 Å². The molecule has 0 N–H and O–H groups in total. The highest BCUT2D eigenvalue weighted by molar-refractivity contribution is 8.26. The number of carbonyl (C=O) groups excluding carboxylic acids is 1. The van der Waals surface area contributed by atoms with Crippen LogP contribution in [-0.4, -0.2) is 53.0 Å². The minimum Gasteiger partial charge on any atom is -0.385 e. The highest BCUT2D eigenvalue weighted by atomic mass is 32.2. The monoisotopic (exact) mass is 485 g/mol. The van der Waals surface area contributed by atoms with Crippen LogP contribution in [0, 0.1) is 5.92 Å². The SMILES string of the molecule is CCn1c(=O)c(C=C2SC(=S)N(CCCOC)C2=O)c(N2CCC(C)CC2)c2ccccc21. The number of thiocarbonyl (C=S) groups is 1. The number of hydrogen-bond donors (Lipinski definition) is 0. The van der Waals surface area contributed by atoms with E-state index in [2.05, 4.69) is 17.9 Å². The molecule has 4 rings (SSSR count). The number of benzene rings is 1. The lowest BCUT2D eigenvalue weighted by atomic mass is 9.97. The Morgan fingerprint density at radius 1 is 1.21 bits per heavy atom. The molecule has 6 nitrogen and oxygen atoms in total. The second kappa shape index (κ2) is 10.4. The van der Waals surface area contributed by atoms with Gasteiger partial charge in [0.1, 0.15) is 4.32 Å². The molecule has 0 spiro atoms. The molecule has 1 amide bonds. The molecule has 33 heavy (non-hydrogen) atoms. The van der Waals surface area contributed by atoms with E-state index in [1.807, 2.05) is 25.1 Å². The first kappa shape index (κ1) is 24.0. The second-order valence-electron chi connectivity index (χ2n) is 8.68. The van der Waals surface area contributed by atoms with Gasteiger partial charge in [-0.05, 0) is 44.2 Å². The van der Waals surface area contributed by atoms with Crippen molar-refractivity contribution in [1.82, 2.24) is 9.47 Å². The standard InChI is InChI=1S/C25H31N3O3S2/c1-4-27-20-9-6-5-8-18(20)22(26-13-10-17(2)11-14-26)19(23(27)29)16-21-24(30)28(25(32)33-21)12-7-15-31-3/h5-6,8-9,16-17H,4,7,10-15H2,1-3H3. The van der Waals surface area contributed by atoms with Crippen molar-refractivity contribution in [3.8, 4) is 0 Å². The lowest BCUT2D eigenvalue weighted by Crippen LogP contribution is -2.36. The largest absolute Gasteiger partial charge is 0.385 e. The van der Waals surface area contributed by atoms with Crippen LogP contribution in [0.15, 0.2) is 34.0 Å². The van der Waals surface area contributed by atoms with E-state index in [-0.39, 0.29) is 11.5 Å². The number of fused-ring (bicyclic) bond motifs is 1. The molecule has 1 aromatic carbocycles. The van der Waals surface area contributed by atoms with Gasteiger partial charge in [0.2, 0.25) is 0 Å². The molecule has 0 radical (unpaired) electrons. The Bertz CT molecular complexity index is 1150. The molecule has 2 aromatic rings. The summed E-state index contributed by atoms with van der Waals surface area (Å²) in [6.45, 7) is 7.72. The van der Waals surface area contributed by atoms with Crippen molar-refractivity contribution in [3.63, 3.8) is 0 Å². The zero-order chi connectivity index (χ0) is 23.5. The topological polar surface area (TPSA) is 54.8 Å². The van der Waals surface area contributed by atoms with Crippen molar-refractivity contribution in [3.05, 3.63) is 45.1 Å². The number of aryl methyl sites for hydroxylation is 1. The van der Waals surface area contributed by atoms with Gasteiger partial charge >= 0.3 is 0 Å². The minimum atomic E-state index is -0.130. The third kappa shape index (κ3) is 4.74. The van der Waals surface area contributed by atoms with Crippen LogP contribution in [0.5, 0.6) is 0 Å². The lowest BCUT2D eigenvalue weighted by Gasteiger charge is -2.34. The maximum absolute atomic E-state index is 13.7. The summed E-state index contributed by atoms with van der Waals surface area (Å²) in [5.41, 5.74) is 2.40. The molecule has 1 aromatic heterocycles. The summed E-state index contributed by atoms with van der Waals surface area (Å²) in [6.07, 6.45) is 4.68. The van der Waals surface area contributed by atoms with E-state index in [0.717, 1.165) is 42.5 Å². The first-order chi connectivity index (χ1) is 16.0. The van der Waals surface area contributed by atoms with Crippen LogP contribution in [0.4, 0.5) is 5.69 Å². The van der Waals surface area contributed by atoms with Gasteiger partial charge in [0.15, 0.2) is 0 Å². The van der Waals surface area contributed by atoms with Crippen LogP contribution in [0.3, 0.4) is 0 Å². The van der Waals surface area contributed by atoms with Gasteiger partial charge in [-0.3, -0.25) is 14.5 Å². The van der Waals surface area contributed by atoms with E-state index in [4.69, 9.17) is 17.0 Å². The quantitative estimate of drug-likeness (QED) is 0.327. The Morgan fingerprint density at radius 3 is 2.64 bits per heavy atom. The maximum atomic E-state index is 13.7.